The van der Waals surface area contributed by atoms with E-state index < -0.39 is 35.3 Å². The third kappa shape index (κ3) is 9.16. The number of aromatic hydroxyl groups is 2. The van der Waals surface area contributed by atoms with Crippen LogP contribution >= 0.6 is 0 Å². The van der Waals surface area contributed by atoms with Crippen molar-refractivity contribution in [3.63, 3.8) is 0 Å². The molecule has 0 aliphatic heterocycles. The number of azo groups is 2. The molecule has 7 aromatic carbocycles. The Bertz CT molecular complexity index is 2990. The molecule has 0 aromatic heterocycles. The highest BCUT2D eigenvalue weighted by atomic mass is 16.5. The van der Waals surface area contributed by atoms with E-state index in [1.807, 2.05) is 13.8 Å². The molecule has 0 unspecified atom stereocenters. The van der Waals surface area contributed by atoms with E-state index in [4.69, 9.17) is 9.47 Å². The number of phenols is 2. The lowest BCUT2D eigenvalue weighted by atomic mass is 9.99. The molecule has 64 heavy (non-hydrogen) atoms. The maximum Gasteiger partial charge on any atom is 0.340 e. The summed E-state index contributed by atoms with van der Waals surface area (Å²) >= 11 is 0. The van der Waals surface area contributed by atoms with E-state index in [1.54, 1.807) is 135 Å². The Labute approximate surface area is 368 Å². The molecule has 0 aliphatic rings. The number of nitrogens with zero attached hydrogens (tertiary/aromatic N) is 4. The molecule has 0 aliphatic carbocycles. The molecule has 0 atom stereocenters. The minimum Gasteiger partial charge on any atom is -0.505 e. The lowest BCUT2D eigenvalue weighted by Gasteiger charge is -2.18. The molecule has 2 amide bonds. The van der Waals surface area contributed by atoms with E-state index in [0.29, 0.717) is 56.9 Å². The lowest BCUT2D eigenvalue weighted by Crippen LogP contribution is -2.17. The molecule has 14 heteroatoms. The van der Waals surface area contributed by atoms with E-state index in [2.05, 4.69) is 31.1 Å². The van der Waals surface area contributed by atoms with Crippen molar-refractivity contribution in [2.45, 2.75) is 40.5 Å². The van der Waals surface area contributed by atoms with Gasteiger partial charge in [0.25, 0.3) is 11.8 Å². The van der Waals surface area contributed by atoms with Crippen molar-refractivity contribution in [3.05, 3.63) is 155 Å². The minimum absolute atomic E-state index is 0.0338. The third-order valence-corrected chi connectivity index (χ3v) is 10.4. The first-order valence-electron chi connectivity index (χ1n) is 20.7. The number of carbonyl (C=O) groups excluding carboxylic acids is 4. The Hall–Kier alpha value is -8.26. The maximum atomic E-state index is 14.2. The second-order valence-electron chi connectivity index (χ2n) is 14.3. The van der Waals surface area contributed by atoms with E-state index in [0.717, 1.165) is 0 Å². The molecule has 7 rings (SSSR count). The summed E-state index contributed by atoms with van der Waals surface area (Å²) in [6, 6.07) is 33.9. The predicted molar refractivity (Wildman–Crippen MR) is 245 cm³/mol. The van der Waals surface area contributed by atoms with Crippen molar-refractivity contribution in [2.75, 3.05) is 23.8 Å². The third-order valence-electron chi connectivity index (χ3n) is 10.4. The fraction of sp³-hybridized carbons (Fsp3) is 0.160. The molecule has 4 N–H and O–H groups in total. The van der Waals surface area contributed by atoms with Crippen molar-refractivity contribution < 1.29 is 38.9 Å². The summed E-state index contributed by atoms with van der Waals surface area (Å²) in [5, 5.41) is 48.7. The van der Waals surface area contributed by atoms with Gasteiger partial charge in [0.15, 0.2) is 11.5 Å². The van der Waals surface area contributed by atoms with Crippen LogP contribution in [0.2, 0.25) is 0 Å². The van der Waals surface area contributed by atoms with Crippen LogP contribution in [0.25, 0.3) is 21.5 Å². The fourth-order valence-electron chi connectivity index (χ4n) is 7.21. The number of anilines is 2. The van der Waals surface area contributed by atoms with Crippen molar-refractivity contribution >= 4 is 79.4 Å². The quantitative estimate of drug-likeness (QED) is 0.0611. The number of esters is 2. The molecule has 0 radical (unpaired) electrons. The Morgan fingerprint density at radius 3 is 1.34 bits per heavy atom. The highest BCUT2D eigenvalue weighted by molar-refractivity contribution is 6.14. The highest BCUT2D eigenvalue weighted by Gasteiger charge is 2.23. The fourth-order valence-corrected chi connectivity index (χ4v) is 7.21. The number of hydrogen-bond acceptors (Lipinski definition) is 12. The zero-order valence-corrected chi connectivity index (χ0v) is 35.5. The topological polar surface area (TPSA) is 201 Å². The van der Waals surface area contributed by atoms with Gasteiger partial charge in [0.05, 0.1) is 35.5 Å². The summed E-state index contributed by atoms with van der Waals surface area (Å²) in [6.07, 6.45) is 0.906. The standard InChI is InChI=1S/C50H44N6O8/c1-5-29-25-33(51-47(59)38-27-31-17-9-11-19-34(31)43(45(38)57)55-53-40-23-15-13-21-36(40)49(61)63-7-3)26-30(6-2)42(29)52-48(60)39-28-32-18-10-12-20-35(32)44(46(39)58)56-54-41-24-16-14-22-37(41)50(62)64-8-4/h9-28,57-58H,5-8H2,1-4H3,(H,51,59)(H,52,60). The van der Waals surface area contributed by atoms with Crippen LogP contribution in [0.5, 0.6) is 11.5 Å². The first-order chi connectivity index (χ1) is 31.1. The van der Waals surface area contributed by atoms with Crippen LogP contribution in [0, 0.1) is 0 Å². The van der Waals surface area contributed by atoms with Crippen LogP contribution in [-0.2, 0) is 22.3 Å². The Kier molecular flexibility index (Phi) is 13.4. The van der Waals surface area contributed by atoms with E-state index in [-0.39, 0.29) is 58.2 Å². The lowest BCUT2D eigenvalue weighted by molar-refractivity contribution is 0.0517. The van der Waals surface area contributed by atoms with Gasteiger partial charge in [-0.1, -0.05) is 86.6 Å². The summed E-state index contributed by atoms with van der Waals surface area (Å²) in [7, 11) is 0. The molecule has 0 saturated heterocycles. The Morgan fingerprint density at radius 2 is 0.906 bits per heavy atom. The molecule has 7 aromatic rings. The molecule has 0 saturated carbocycles. The second-order valence-corrected chi connectivity index (χ2v) is 14.3. The van der Waals surface area contributed by atoms with Crippen LogP contribution in [0.4, 0.5) is 34.1 Å². The number of phenolic OH excluding ortho intramolecular Hbond substituents is 2. The van der Waals surface area contributed by atoms with Crippen molar-refractivity contribution in [1.29, 1.82) is 0 Å². The van der Waals surface area contributed by atoms with Gasteiger partial charge in [-0.05, 0) is 97.1 Å². The molecular weight excluding hydrogens is 813 g/mol. The SMILES string of the molecule is CCOC(=O)c1ccccc1N=Nc1c(O)c(C(=O)Nc2cc(CC)c(NC(=O)c3cc4ccccc4c(N=Nc4ccccc4C(=O)OCC)c3O)c(CC)c2)cc2ccccc12. The summed E-state index contributed by atoms with van der Waals surface area (Å²) in [4.78, 5) is 53.4. The largest absolute Gasteiger partial charge is 0.505 e. The van der Waals surface area contributed by atoms with Crippen molar-refractivity contribution in [3.8, 4) is 11.5 Å². The number of nitrogens with one attached hydrogen (secondary N) is 2. The van der Waals surface area contributed by atoms with Gasteiger partial charge in [-0.2, -0.15) is 0 Å². The molecule has 0 bridgehead atoms. The average molecular weight is 857 g/mol. The number of ether oxygens (including phenoxy) is 2. The Morgan fingerprint density at radius 1 is 0.500 bits per heavy atom. The normalized spacial score (nSPS) is 11.3. The number of amides is 2. The van der Waals surface area contributed by atoms with Gasteiger partial charge in [0, 0.05) is 22.1 Å². The summed E-state index contributed by atoms with van der Waals surface area (Å²) in [5.74, 6) is -3.20. The number of rotatable bonds is 14. The van der Waals surface area contributed by atoms with Crippen LogP contribution in [-0.4, -0.2) is 47.2 Å². The van der Waals surface area contributed by atoms with E-state index >= 15 is 0 Å². The predicted octanol–water partition coefficient (Wildman–Crippen LogP) is 12.2. The molecule has 14 nitrogen and oxygen atoms in total. The summed E-state index contributed by atoms with van der Waals surface area (Å²) in [6.45, 7) is 7.56. The maximum absolute atomic E-state index is 14.2. The van der Waals surface area contributed by atoms with Gasteiger partial charge in [-0.15, -0.1) is 20.5 Å². The van der Waals surface area contributed by atoms with Crippen molar-refractivity contribution in [2.24, 2.45) is 20.5 Å². The first kappa shape index (κ1) is 43.8. The van der Waals surface area contributed by atoms with Gasteiger partial charge in [-0.25, -0.2) is 9.59 Å². The van der Waals surface area contributed by atoms with Crippen LogP contribution in [0.3, 0.4) is 0 Å². The number of benzene rings is 7. The van der Waals surface area contributed by atoms with Gasteiger partial charge in [0.2, 0.25) is 0 Å². The monoisotopic (exact) mass is 856 g/mol. The average Bonchev–Trinajstić information content (AvgIpc) is 3.31. The zero-order chi connectivity index (χ0) is 45.3. The molecule has 0 heterocycles. The first-order valence-corrected chi connectivity index (χ1v) is 20.7. The van der Waals surface area contributed by atoms with Gasteiger partial charge < -0.3 is 30.3 Å². The molecule has 0 fully saturated rings. The number of hydrogen-bond donors (Lipinski definition) is 4. The van der Waals surface area contributed by atoms with Crippen LogP contribution in [0.1, 0.15) is 80.3 Å². The van der Waals surface area contributed by atoms with Crippen LogP contribution < -0.4 is 10.6 Å². The van der Waals surface area contributed by atoms with Gasteiger partial charge in [-0.3, -0.25) is 9.59 Å². The summed E-state index contributed by atoms with van der Waals surface area (Å²) < 4.78 is 10.3. The van der Waals surface area contributed by atoms with E-state index in [9.17, 15) is 29.4 Å². The van der Waals surface area contributed by atoms with Crippen molar-refractivity contribution in [1.82, 2.24) is 0 Å². The zero-order valence-electron chi connectivity index (χ0n) is 35.5. The highest BCUT2D eigenvalue weighted by Crippen LogP contribution is 2.42. The smallest absolute Gasteiger partial charge is 0.340 e. The Balaban J connectivity index is 1.19. The number of carbonyl (C=O) groups is 4. The van der Waals surface area contributed by atoms with Crippen LogP contribution in [0.15, 0.2) is 142 Å². The van der Waals surface area contributed by atoms with Gasteiger partial charge in [0.1, 0.15) is 22.7 Å². The summed E-state index contributed by atoms with van der Waals surface area (Å²) in [5.41, 5.74) is 3.08. The number of fused-ring (bicyclic) bond motifs is 2. The molecule has 0 spiro atoms. The number of aryl methyl sites for hydroxylation is 2. The second kappa shape index (κ2) is 19.6. The minimum atomic E-state index is -0.625. The molecule has 322 valence electrons. The van der Waals surface area contributed by atoms with Gasteiger partial charge >= 0.3 is 11.9 Å². The van der Waals surface area contributed by atoms with E-state index in [1.165, 1.54) is 0 Å². The molecular formula is C50H44N6O8.